The number of terminal acetylenes is 2. The minimum atomic E-state index is -0.333. The largest absolute Gasteiger partial charge is 0.370 e. The zero-order valence-corrected chi connectivity index (χ0v) is 6.05. The first-order valence-corrected chi connectivity index (χ1v) is 2.78. The van der Waals surface area contributed by atoms with Crippen LogP contribution in [-0.4, -0.2) is 5.91 Å². The lowest BCUT2D eigenvalue weighted by molar-refractivity contribution is -0.115. The number of hydrogen-bond donors (Lipinski definition) is 1. The van der Waals surface area contributed by atoms with Crippen LogP contribution in [0.2, 0.25) is 0 Å². The third-order valence-electron chi connectivity index (χ3n) is 0.414. The van der Waals surface area contributed by atoms with Crippen molar-refractivity contribution in [2.45, 2.75) is 19.8 Å². The van der Waals surface area contributed by atoms with Gasteiger partial charge in [0.05, 0.1) is 0 Å². The first-order valence-electron chi connectivity index (χ1n) is 2.78. The fourth-order valence-electron chi connectivity index (χ4n) is 0.144. The minimum Gasteiger partial charge on any atom is -0.370 e. The molecular weight excluding hydrogens is 126 g/mol. The molecule has 0 aromatic rings. The van der Waals surface area contributed by atoms with Crippen molar-refractivity contribution in [3.8, 4) is 24.7 Å². The Bertz CT molecular complexity index is 141. The molecule has 0 atom stereocenters. The summed E-state index contributed by atoms with van der Waals surface area (Å²) < 4.78 is 0. The van der Waals surface area contributed by atoms with Crippen LogP contribution in [0.3, 0.4) is 0 Å². The van der Waals surface area contributed by atoms with Gasteiger partial charge < -0.3 is 5.73 Å². The molecule has 2 N–H and O–H groups in total. The topological polar surface area (TPSA) is 43.1 Å². The van der Waals surface area contributed by atoms with E-state index in [9.17, 15) is 4.79 Å². The molecule has 0 aliphatic rings. The number of primary amides is 1. The Morgan fingerprint density at radius 2 is 1.60 bits per heavy atom. The third kappa shape index (κ3) is 81.5. The molecule has 0 spiro atoms. The van der Waals surface area contributed by atoms with Gasteiger partial charge in [0, 0.05) is 19.8 Å². The molecule has 0 aliphatic carbocycles. The van der Waals surface area contributed by atoms with Crippen LogP contribution in [0.15, 0.2) is 0 Å². The van der Waals surface area contributed by atoms with E-state index in [1.807, 2.05) is 0 Å². The van der Waals surface area contributed by atoms with Crippen molar-refractivity contribution >= 4 is 5.91 Å². The molecule has 0 aromatic carbocycles. The zero-order chi connectivity index (χ0) is 8.41. The molecule has 2 heteroatoms. The van der Waals surface area contributed by atoms with E-state index in [0.717, 1.165) is 0 Å². The van der Waals surface area contributed by atoms with Gasteiger partial charge in [-0.25, -0.2) is 0 Å². The highest BCUT2D eigenvalue weighted by molar-refractivity contribution is 5.70. The number of hydrogen-bond acceptors (Lipinski definition) is 1. The second kappa shape index (κ2) is 10.5. The van der Waals surface area contributed by atoms with E-state index in [2.05, 4.69) is 17.6 Å². The van der Waals surface area contributed by atoms with Crippen molar-refractivity contribution in [1.29, 1.82) is 0 Å². The van der Waals surface area contributed by atoms with Gasteiger partial charge in [-0.3, -0.25) is 4.79 Å². The van der Waals surface area contributed by atoms with Gasteiger partial charge in [-0.05, 0) is 0 Å². The van der Waals surface area contributed by atoms with Gasteiger partial charge >= 0.3 is 0 Å². The molecule has 2 nitrogen and oxygen atoms in total. The first-order chi connectivity index (χ1) is 4.65. The SMILES string of the molecule is C#CCCC#C.CC(N)=O. The number of rotatable bonds is 1. The second-order valence-corrected chi connectivity index (χ2v) is 1.52. The average Bonchev–Trinajstić information content (AvgIpc) is 1.82. The maximum Gasteiger partial charge on any atom is 0.214 e. The standard InChI is InChI=1S/C6H6.C2H5NO/c1-3-5-6-4-2;1-2(3)4/h1-2H,5-6H2;1H3,(H2,3,4). The van der Waals surface area contributed by atoms with E-state index < -0.39 is 0 Å². The summed E-state index contributed by atoms with van der Waals surface area (Å²) in [6.07, 6.45) is 11.1. The highest BCUT2D eigenvalue weighted by Crippen LogP contribution is 1.78. The fourth-order valence-corrected chi connectivity index (χ4v) is 0.144. The molecule has 0 aliphatic heterocycles. The van der Waals surface area contributed by atoms with Gasteiger partial charge in [-0.2, -0.15) is 0 Å². The normalized spacial score (nSPS) is 5.90. The van der Waals surface area contributed by atoms with Crippen LogP contribution in [0.25, 0.3) is 0 Å². The Morgan fingerprint density at radius 3 is 1.70 bits per heavy atom. The van der Waals surface area contributed by atoms with E-state index in [4.69, 9.17) is 12.8 Å². The number of carbonyl (C=O) groups excluding carboxylic acids is 1. The molecule has 0 rings (SSSR count). The Balaban J connectivity index is 0. The lowest BCUT2D eigenvalue weighted by Crippen LogP contribution is -2.01. The minimum absolute atomic E-state index is 0.333. The van der Waals surface area contributed by atoms with Gasteiger partial charge in [0.15, 0.2) is 0 Å². The summed E-state index contributed by atoms with van der Waals surface area (Å²) in [6, 6.07) is 0. The number of nitrogens with two attached hydrogens (primary N) is 1. The summed E-state index contributed by atoms with van der Waals surface area (Å²) in [7, 11) is 0. The monoisotopic (exact) mass is 137 g/mol. The van der Waals surface area contributed by atoms with Crippen LogP contribution in [0.1, 0.15) is 19.8 Å². The van der Waals surface area contributed by atoms with Crippen LogP contribution in [0, 0.1) is 24.7 Å². The molecule has 54 valence electrons. The van der Waals surface area contributed by atoms with Crippen molar-refractivity contribution < 1.29 is 4.79 Å². The van der Waals surface area contributed by atoms with Gasteiger partial charge in [-0.1, -0.05) is 0 Å². The first kappa shape index (κ1) is 11.4. The summed E-state index contributed by atoms with van der Waals surface area (Å²) in [5.41, 5.74) is 4.47. The predicted octanol–water partition coefficient (Wildman–Crippen LogP) is 0.525. The predicted molar refractivity (Wildman–Crippen MR) is 41.8 cm³/mol. The number of carbonyl (C=O) groups is 1. The molecule has 0 heterocycles. The zero-order valence-electron chi connectivity index (χ0n) is 6.05. The molecule has 0 unspecified atom stereocenters. The second-order valence-electron chi connectivity index (χ2n) is 1.52. The van der Waals surface area contributed by atoms with Gasteiger partial charge in [0.25, 0.3) is 0 Å². The van der Waals surface area contributed by atoms with E-state index >= 15 is 0 Å². The summed E-state index contributed by atoms with van der Waals surface area (Å²) in [4.78, 5) is 9.22. The molecule has 0 saturated carbocycles. The summed E-state index contributed by atoms with van der Waals surface area (Å²) >= 11 is 0. The molecule has 0 radical (unpaired) electrons. The molecule has 1 amide bonds. The molecule has 0 aromatic heterocycles. The summed E-state index contributed by atoms with van der Waals surface area (Å²) in [6.45, 7) is 1.31. The smallest absolute Gasteiger partial charge is 0.214 e. The molecular formula is C8H11NO. The van der Waals surface area contributed by atoms with Crippen molar-refractivity contribution in [1.82, 2.24) is 0 Å². The molecule has 10 heavy (non-hydrogen) atoms. The molecule has 0 bridgehead atoms. The average molecular weight is 137 g/mol. The summed E-state index contributed by atoms with van der Waals surface area (Å²) in [5, 5.41) is 0. The van der Waals surface area contributed by atoms with Crippen molar-refractivity contribution in [2.75, 3.05) is 0 Å². The van der Waals surface area contributed by atoms with E-state index in [0.29, 0.717) is 12.8 Å². The quantitative estimate of drug-likeness (QED) is 0.415. The lowest BCUT2D eigenvalue weighted by Gasteiger charge is -1.70. The highest BCUT2D eigenvalue weighted by atomic mass is 16.1. The third-order valence-corrected chi connectivity index (χ3v) is 0.414. The van der Waals surface area contributed by atoms with Gasteiger partial charge in [0.1, 0.15) is 0 Å². The van der Waals surface area contributed by atoms with Crippen LogP contribution in [-0.2, 0) is 4.79 Å². The van der Waals surface area contributed by atoms with E-state index in [1.165, 1.54) is 6.92 Å². The summed E-state index contributed by atoms with van der Waals surface area (Å²) in [5.74, 6) is 4.52. The number of unbranched alkanes of at least 4 members (excludes halogenated alkanes) is 1. The maximum absolute atomic E-state index is 9.22. The molecule has 0 saturated heterocycles. The fraction of sp³-hybridized carbons (Fsp3) is 0.375. The van der Waals surface area contributed by atoms with Gasteiger partial charge in [0.2, 0.25) is 5.91 Å². The Labute approximate surface area is 61.8 Å². The Kier molecular flexibility index (Phi) is 12.0. The molecule has 0 fully saturated rings. The van der Waals surface area contributed by atoms with Crippen LogP contribution < -0.4 is 5.73 Å². The van der Waals surface area contributed by atoms with Crippen molar-refractivity contribution in [3.05, 3.63) is 0 Å². The van der Waals surface area contributed by atoms with Crippen LogP contribution in [0.5, 0.6) is 0 Å². The highest BCUT2D eigenvalue weighted by Gasteiger charge is 1.66. The van der Waals surface area contributed by atoms with Crippen LogP contribution in [0.4, 0.5) is 0 Å². The number of amides is 1. The maximum atomic E-state index is 9.22. The Morgan fingerprint density at radius 1 is 1.40 bits per heavy atom. The van der Waals surface area contributed by atoms with Crippen LogP contribution >= 0.6 is 0 Å². The Hall–Kier alpha value is -1.41. The van der Waals surface area contributed by atoms with Crippen molar-refractivity contribution in [3.63, 3.8) is 0 Å². The van der Waals surface area contributed by atoms with Crippen molar-refractivity contribution in [2.24, 2.45) is 5.73 Å². The van der Waals surface area contributed by atoms with Gasteiger partial charge in [-0.15, -0.1) is 24.7 Å². The lowest BCUT2D eigenvalue weighted by atomic mass is 10.3. The van der Waals surface area contributed by atoms with E-state index in [-0.39, 0.29) is 5.91 Å². The van der Waals surface area contributed by atoms with E-state index in [1.54, 1.807) is 0 Å².